The molecule has 0 aliphatic rings. The molecular weight excluding hydrogens is 362 g/mol. The molecule has 0 aliphatic carbocycles. The van der Waals surface area contributed by atoms with Gasteiger partial charge < -0.3 is 0 Å². The first-order chi connectivity index (χ1) is 5.52. The first-order valence-electron chi connectivity index (χ1n) is 2.95. The predicted molar refractivity (Wildman–Crippen MR) is 54.5 cm³/mol. The van der Waals surface area contributed by atoms with Crippen LogP contribution in [0.3, 0.4) is 0 Å². The third kappa shape index (κ3) is 2.26. The Kier molecular flexibility index (Phi) is 3.67. The first-order valence-corrected chi connectivity index (χ1v) is 5.33. The summed E-state index contributed by atoms with van der Waals surface area (Å²) in [7, 11) is 0. The van der Waals surface area contributed by atoms with Gasteiger partial charge in [0.1, 0.15) is 0 Å². The van der Waals surface area contributed by atoms with Crippen molar-refractivity contribution in [2.24, 2.45) is 0 Å². The van der Waals surface area contributed by atoms with Crippen molar-refractivity contribution in [2.75, 3.05) is 0 Å². The number of halogens is 5. The molecule has 0 saturated heterocycles. The predicted octanol–water partition coefficient (Wildman–Crippen LogP) is 4.91. The van der Waals surface area contributed by atoms with Crippen molar-refractivity contribution in [1.29, 1.82) is 0 Å². The molecule has 0 aliphatic heterocycles. The van der Waals surface area contributed by atoms with Crippen LogP contribution in [0.1, 0.15) is 12.0 Å². The van der Waals surface area contributed by atoms with E-state index in [1.165, 1.54) is 0 Å². The summed E-state index contributed by atoms with van der Waals surface area (Å²) in [6.45, 7) is 0. The summed E-state index contributed by atoms with van der Waals surface area (Å²) >= 11 is 9.31. The lowest BCUT2D eigenvalue weighted by Crippen LogP contribution is -1.88. The lowest BCUT2D eigenvalue weighted by Gasteiger charge is -2.06. The molecule has 1 aromatic carbocycles. The van der Waals surface area contributed by atoms with E-state index in [0.717, 1.165) is 4.47 Å². The minimum atomic E-state index is -2.47. The Morgan fingerprint density at radius 2 is 1.42 bits per heavy atom. The number of alkyl halides is 2. The van der Waals surface area contributed by atoms with Gasteiger partial charge in [-0.1, -0.05) is 47.8 Å². The third-order valence-corrected chi connectivity index (χ3v) is 3.03. The molecule has 0 amide bonds. The zero-order valence-electron chi connectivity index (χ0n) is 5.62. The molecule has 1 rings (SSSR count). The van der Waals surface area contributed by atoms with Crippen molar-refractivity contribution >= 4 is 47.8 Å². The van der Waals surface area contributed by atoms with E-state index in [1.54, 1.807) is 12.1 Å². The van der Waals surface area contributed by atoms with Crippen LogP contribution >= 0.6 is 47.8 Å². The maximum atomic E-state index is 12.3. The smallest absolute Gasteiger partial charge is 0.205 e. The van der Waals surface area contributed by atoms with Crippen LogP contribution < -0.4 is 0 Å². The van der Waals surface area contributed by atoms with Crippen molar-refractivity contribution in [2.45, 2.75) is 6.43 Å². The molecule has 0 nitrogen and oxygen atoms in total. The molecular formula is C7H3Br3F2. The highest BCUT2D eigenvalue weighted by atomic mass is 79.9. The lowest BCUT2D eigenvalue weighted by atomic mass is 10.2. The van der Waals surface area contributed by atoms with Gasteiger partial charge in [-0.25, -0.2) is 8.78 Å². The Labute approximate surface area is 93.7 Å². The largest absolute Gasteiger partial charge is 0.266 e. The van der Waals surface area contributed by atoms with Crippen molar-refractivity contribution in [3.05, 3.63) is 31.1 Å². The minimum absolute atomic E-state index is 0.0156. The average molecular weight is 365 g/mol. The second-order valence-corrected chi connectivity index (χ2v) is 4.71. The third-order valence-electron chi connectivity index (χ3n) is 1.26. The number of benzene rings is 1. The summed E-state index contributed by atoms with van der Waals surface area (Å²) < 4.78 is 26.2. The molecule has 12 heavy (non-hydrogen) atoms. The van der Waals surface area contributed by atoms with Crippen LogP contribution in [-0.2, 0) is 0 Å². The Bertz CT molecular complexity index is 276. The summed E-state index contributed by atoms with van der Waals surface area (Å²) in [4.78, 5) is 0. The lowest BCUT2D eigenvalue weighted by molar-refractivity contribution is 0.149. The van der Waals surface area contributed by atoms with Gasteiger partial charge in [0.15, 0.2) is 0 Å². The fourth-order valence-corrected chi connectivity index (χ4v) is 3.37. The molecule has 0 aromatic heterocycles. The van der Waals surface area contributed by atoms with Crippen LogP contribution in [0.2, 0.25) is 0 Å². The SMILES string of the molecule is FC(F)c1c(Br)cc(Br)cc1Br. The van der Waals surface area contributed by atoms with Crippen molar-refractivity contribution in [3.8, 4) is 0 Å². The fourth-order valence-electron chi connectivity index (χ4n) is 0.762. The second kappa shape index (κ2) is 4.15. The van der Waals surface area contributed by atoms with Gasteiger partial charge in [0.05, 0.1) is 0 Å². The summed E-state index contributed by atoms with van der Waals surface area (Å²) in [5, 5.41) is 0. The van der Waals surface area contributed by atoms with Crippen LogP contribution in [0.4, 0.5) is 8.78 Å². The number of rotatable bonds is 1. The molecule has 0 N–H and O–H groups in total. The monoisotopic (exact) mass is 362 g/mol. The molecule has 0 unspecified atom stereocenters. The van der Waals surface area contributed by atoms with Crippen LogP contribution in [-0.4, -0.2) is 0 Å². The van der Waals surface area contributed by atoms with Crippen LogP contribution in [0, 0.1) is 0 Å². The van der Waals surface area contributed by atoms with Gasteiger partial charge in [-0.2, -0.15) is 0 Å². The van der Waals surface area contributed by atoms with Gasteiger partial charge in [0.2, 0.25) is 0 Å². The van der Waals surface area contributed by atoms with E-state index >= 15 is 0 Å². The van der Waals surface area contributed by atoms with Crippen molar-refractivity contribution in [3.63, 3.8) is 0 Å². The van der Waals surface area contributed by atoms with Gasteiger partial charge in [-0.15, -0.1) is 0 Å². The molecule has 0 radical (unpaired) electrons. The maximum Gasteiger partial charge on any atom is 0.266 e. The molecule has 0 heterocycles. The Balaban J connectivity index is 3.28. The molecule has 0 bridgehead atoms. The summed E-state index contributed by atoms with van der Waals surface area (Å²) in [5.74, 6) is 0. The van der Waals surface area contributed by atoms with Gasteiger partial charge in [-0.05, 0) is 12.1 Å². The summed E-state index contributed by atoms with van der Waals surface area (Å²) in [5.41, 5.74) is -0.0156. The molecule has 0 spiro atoms. The van der Waals surface area contributed by atoms with E-state index in [4.69, 9.17) is 0 Å². The highest BCUT2D eigenvalue weighted by molar-refractivity contribution is 9.11. The van der Waals surface area contributed by atoms with E-state index in [2.05, 4.69) is 47.8 Å². The van der Waals surface area contributed by atoms with E-state index in [-0.39, 0.29) is 5.56 Å². The van der Waals surface area contributed by atoms with Crippen molar-refractivity contribution in [1.82, 2.24) is 0 Å². The molecule has 1 aromatic rings. The standard InChI is InChI=1S/C7H3Br3F2/c8-3-1-4(9)6(7(11)12)5(10)2-3/h1-2,7H. The van der Waals surface area contributed by atoms with Gasteiger partial charge in [0.25, 0.3) is 6.43 Å². The zero-order valence-corrected chi connectivity index (χ0v) is 10.4. The Hall–Kier alpha value is 0.520. The van der Waals surface area contributed by atoms with E-state index in [1.807, 2.05) is 0 Å². The van der Waals surface area contributed by atoms with E-state index in [0.29, 0.717) is 8.95 Å². The van der Waals surface area contributed by atoms with Crippen LogP contribution in [0.15, 0.2) is 25.6 Å². The highest BCUT2D eigenvalue weighted by Gasteiger charge is 2.15. The maximum absolute atomic E-state index is 12.3. The van der Waals surface area contributed by atoms with E-state index < -0.39 is 6.43 Å². The van der Waals surface area contributed by atoms with Gasteiger partial charge in [-0.3, -0.25) is 0 Å². The normalized spacial score (nSPS) is 10.8. The summed E-state index contributed by atoms with van der Waals surface area (Å²) in [6, 6.07) is 3.18. The van der Waals surface area contributed by atoms with Crippen molar-refractivity contribution < 1.29 is 8.78 Å². The highest BCUT2D eigenvalue weighted by Crippen LogP contribution is 2.36. The zero-order chi connectivity index (χ0) is 9.30. The molecule has 66 valence electrons. The fraction of sp³-hybridized carbons (Fsp3) is 0.143. The number of hydrogen-bond acceptors (Lipinski definition) is 0. The minimum Gasteiger partial charge on any atom is -0.205 e. The molecule has 0 saturated carbocycles. The Morgan fingerprint density at radius 3 is 1.75 bits per heavy atom. The number of hydrogen-bond donors (Lipinski definition) is 0. The molecule has 0 fully saturated rings. The quantitative estimate of drug-likeness (QED) is 0.664. The van der Waals surface area contributed by atoms with Crippen LogP contribution in [0.5, 0.6) is 0 Å². The van der Waals surface area contributed by atoms with Gasteiger partial charge >= 0.3 is 0 Å². The summed E-state index contributed by atoms with van der Waals surface area (Å²) in [6.07, 6.45) is -2.47. The topological polar surface area (TPSA) is 0 Å². The average Bonchev–Trinajstić information content (AvgIpc) is 1.82. The first kappa shape index (κ1) is 10.6. The molecule has 5 heteroatoms. The second-order valence-electron chi connectivity index (χ2n) is 2.08. The van der Waals surface area contributed by atoms with Crippen LogP contribution in [0.25, 0.3) is 0 Å². The van der Waals surface area contributed by atoms with E-state index in [9.17, 15) is 8.78 Å². The molecule has 0 atom stereocenters. The Morgan fingerprint density at radius 1 is 1.00 bits per heavy atom. The van der Waals surface area contributed by atoms with Gasteiger partial charge in [0, 0.05) is 19.0 Å².